The van der Waals surface area contributed by atoms with Crippen LogP contribution >= 0.6 is 0 Å². The largest absolute Gasteiger partial charge is 0.378 e. The molecular weight excluding hydrogens is 418 g/mol. The third kappa shape index (κ3) is 5.10. The van der Waals surface area contributed by atoms with Crippen LogP contribution in [0.4, 0.5) is 0 Å². The van der Waals surface area contributed by atoms with Crippen LogP contribution in [0.25, 0.3) is 10.9 Å². The summed E-state index contributed by atoms with van der Waals surface area (Å²) in [6, 6.07) is 7.13. The number of hydrogen-bond acceptors (Lipinski definition) is 5. The first-order valence-electron chi connectivity index (χ1n) is 10.6. The van der Waals surface area contributed by atoms with Crippen LogP contribution in [0.1, 0.15) is 27.7 Å². The van der Waals surface area contributed by atoms with Crippen molar-refractivity contribution in [3.8, 4) is 0 Å². The molecule has 1 fully saturated rings. The Morgan fingerprint density at radius 1 is 1.06 bits per heavy atom. The standard InChI is InChI=1S/C22H31N3O5S/c1-16(2)25(17(3)4)21(26)14-24-13-20(18-7-5-6-8-19(18)24)31(28,29)15-22(27)23-9-11-30-12-10-23/h5-8,13,16-17H,9-12,14-15H2,1-4H3. The van der Waals surface area contributed by atoms with E-state index in [9.17, 15) is 18.0 Å². The summed E-state index contributed by atoms with van der Waals surface area (Å²) in [5.74, 6) is -1.11. The second-order valence-electron chi connectivity index (χ2n) is 8.38. The molecule has 3 rings (SSSR count). The lowest BCUT2D eigenvalue weighted by Gasteiger charge is -2.31. The highest BCUT2D eigenvalue weighted by atomic mass is 32.2. The fraction of sp³-hybridized carbons (Fsp3) is 0.545. The maximum absolute atomic E-state index is 13.2. The van der Waals surface area contributed by atoms with Gasteiger partial charge in [0, 0.05) is 42.3 Å². The number of para-hydroxylation sites is 1. The number of aromatic nitrogens is 1. The van der Waals surface area contributed by atoms with E-state index < -0.39 is 21.5 Å². The molecule has 0 atom stereocenters. The minimum atomic E-state index is -3.88. The van der Waals surface area contributed by atoms with Gasteiger partial charge in [-0.15, -0.1) is 0 Å². The first-order valence-corrected chi connectivity index (χ1v) is 12.2. The van der Waals surface area contributed by atoms with Gasteiger partial charge in [0.25, 0.3) is 0 Å². The summed E-state index contributed by atoms with van der Waals surface area (Å²) >= 11 is 0. The molecule has 8 nitrogen and oxygen atoms in total. The van der Waals surface area contributed by atoms with Gasteiger partial charge in [0.2, 0.25) is 11.8 Å². The number of fused-ring (bicyclic) bond motifs is 1. The maximum Gasteiger partial charge on any atom is 0.242 e. The third-order valence-electron chi connectivity index (χ3n) is 5.47. The monoisotopic (exact) mass is 449 g/mol. The smallest absolute Gasteiger partial charge is 0.242 e. The van der Waals surface area contributed by atoms with Crippen molar-refractivity contribution in [2.45, 2.75) is 51.2 Å². The van der Waals surface area contributed by atoms with Gasteiger partial charge in [-0.25, -0.2) is 8.42 Å². The van der Waals surface area contributed by atoms with Crippen LogP contribution in [-0.4, -0.2) is 78.7 Å². The minimum Gasteiger partial charge on any atom is -0.378 e. The molecule has 9 heteroatoms. The molecule has 31 heavy (non-hydrogen) atoms. The fourth-order valence-electron chi connectivity index (χ4n) is 4.14. The molecule has 0 spiro atoms. The van der Waals surface area contributed by atoms with Gasteiger partial charge in [-0.05, 0) is 33.8 Å². The van der Waals surface area contributed by atoms with E-state index >= 15 is 0 Å². The second-order valence-corrected chi connectivity index (χ2v) is 10.3. The molecule has 1 aliphatic rings. The molecule has 1 aliphatic heterocycles. The molecule has 1 aromatic heterocycles. The van der Waals surface area contributed by atoms with Crippen molar-refractivity contribution in [1.82, 2.24) is 14.4 Å². The van der Waals surface area contributed by atoms with Crippen LogP contribution in [0.15, 0.2) is 35.4 Å². The van der Waals surface area contributed by atoms with E-state index in [1.54, 1.807) is 33.7 Å². The van der Waals surface area contributed by atoms with E-state index in [2.05, 4.69) is 0 Å². The third-order valence-corrected chi connectivity index (χ3v) is 7.09. The maximum atomic E-state index is 13.2. The average Bonchev–Trinajstić information content (AvgIpc) is 3.07. The first-order chi connectivity index (χ1) is 14.6. The zero-order valence-electron chi connectivity index (χ0n) is 18.6. The number of ether oxygens (including phenoxy) is 1. The molecule has 0 unspecified atom stereocenters. The van der Waals surface area contributed by atoms with E-state index in [1.807, 2.05) is 27.7 Å². The lowest BCUT2D eigenvalue weighted by molar-refractivity contribution is -0.135. The van der Waals surface area contributed by atoms with Crippen molar-refractivity contribution < 1.29 is 22.7 Å². The van der Waals surface area contributed by atoms with Crippen LogP contribution in [0.3, 0.4) is 0 Å². The molecular formula is C22H31N3O5S. The molecule has 2 aromatic rings. The van der Waals surface area contributed by atoms with Crippen molar-refractivity contribution >= 4 is 32.6 Å². The highest BCUT2D eigenvalue weighted by Crippen LogP contribution is 2.27. The lowest BCUT2D eigenvalue weighted by Crippen LogP contribution is -2.43. The number of carbonyl (C=O) groups excluding carboxylic acids is 2. The Balaban J connectivity index is 1.91. The normalized spacial score (nSPS) is 15.1. The molecule has 2 amide bonds. The summed E-state index contributed by atoms with van der Waals surface area (Å²) in [6.45, 7) is 9.47. The van der Waals surface area contributed by atoms with Crippen LogP contribution < -0.4 is 0 Å². The SMILES string of the molecule is CC(C)N(C(=O)Cn1cc(S(=O)(=O)CC(=O)N2CCOCC2)c2ccccc21)C(C)C. The van der Waals surface area contributed by atoms with Gasteiger partial charge in [0.1, 0.15) is 12.3 Å². The molecule has 0 radical (unpaired) electrons. The molecule has 2 heterocycles. The Labute approximate surface area is 183 Å². The molecule has 0 N–H and O–H groups in total. The Morgan fingerprint density at radius 2 is 1.68 bits per heavy atom. The van der Waals surface area contributed by atoms with Gasteiger partial charge in [0.15, 0.2) is 9.84 Å². The predicted octanol–water partition coefficient (Wildman–Crippen LogP) is 1.92. The van der Waals surface area contributed by atoms with Crippen molar-refractivity contribution in [3.63, 3.8) is 0 Å². The van der Waals surface area contributed by atoms with Gasteiger partial charge in [-0.1, -0.05) is 18.2 Å². The number of hydrogen-bond donors (Lipinski definition) is 0. The molecule has 0 bridgehead atoms. The quantitative estimate of drug-likeness (QED) is 0.644. The van der Waals surface area contributed by atoms with Crippen molar-refractivity contribution in [2.75, 3.05) is 32.1 Å². The summed E-state index contributed by atoms with van der Waals surface area (Å²) in [5.41, 5.74) is 0.653. The summed E-state index contributed by atoms with van der Waals surface area (Å²) in [5, 5.41) is 0.519. The summed E-state index contributed by atoms with van der Waals surface area (Å²) in [4.78, 5) is 28.9. The zero-order chi connectivity index (χ0) is 22.8. The van der Waals surface area contributed by atoms with Crippen LogP contribution in [0.2, 0.25) is 0 Å². The van der Waals surface area contributed by atoms with Crippen molar-refractivity contribution in [3.05, 3.63) is 30.5 Å². The first kappa shape index (κ1) is 23.3. The number of morpholine rings is 1. The average molecular weight is 450 g/mol. The van der Waals surface area contributed by atoms with Gasteiger partial charge in [-0.2, -0.15) is 0 Å². The van der Waals surface area contributed by atoms with E-state index in [0.717, 1.165) is 0 Å². The van der Waals surface area contributed by atoms with Gasteiger partial charge in [0.05, 0.1) is 18.1 Å². The van der Waals surface area contributed by atoms with E-state index in [0.29, 0.717) is 37.2 Å². The lowest BCUT2D eigenvalue weighted by atomic mass is 10.2. The number of carbonyl (C=O) groups is 2. The molecule has 1 aromatic carbocycles. The molecule has 1 saturated heterocycles. The Hall–Kier alpha value is -2.39. The Kier molecular flexibility index (Phi) is 7.06. The van der Waals surface area contributed by atoms with Gasteiger partial charge < -0.3 is 19.1 Å². The highest BCUT2D eigenvalue weighted by molar-refractivity contribution is 7.92. The van der Waals surface area contributed by atoms with Crippen LogP contribution in [0.5, 0.6) is 0 Å². The molecule has 170 valence electrons. The Morgan fingerprint density at radius 3 is 2.29 bits per heavy atom. The number of sulfone groups is 1. The highest BCUT2D eigenvalue weighted by Gasteiger charge is 2.29. The Bertz CT molecular complexity index is 1040. The van der Waals surface area contributed by atoms with Crippen molar-refractivity contribution in [1.29, 1.82) is 0 Å². The number of rotatable bonds is 7. The summed E-state index contributed by atoms with van der Waals surface area (Å²) in [7, 11) is -3.88. The number of nitrogens with zero attached hydrogens (tertiary/aromatic N) is 3. The van der Waals surface area contributed by atoms with E-state index in [4.69, 9.17) is 4.74 Å². The predicted molar refractivity (Wildman–Crippen MR) is 119 cm³/mol. The van der Waals surface area contributed by atoms with Crippen LogP contribution in [0, 0.1) is 0 Å². The minimum absolute atomic E-state index is 0.0312. The molecule has 0 saturated carbocycles. The fourth-order valence-corrected chi connectivity index (χ4v) is 5.59. The van der Waals surface area contributed by atoms with Crippen molar-refractivity contribution in [2.24, 2.45) is 0 Å². The van der Waals surface area contributed by atoms with Gasteiger partial charge >= 0.3 is 0 Å². The zero-order valence-corrected chi connectivity index (χ0v) is 19.4. The van der Waals surface area contributed by atoms with Crippen LogP contribution in [-0.2, 0) is 30.7 Å². The second kappa shape index (κ2) is 9.40. The van der Waals surface area contributed by atoms with E-state index in [-0.39, 0.29) is 29.4 Å². The van der Waals surface area contributed by atoms with Gasteiger partial charge in [-0.3, -0.25) is 9.59 Å². The number of amides is 2. The molecule has 0 aliphatic carbocycles. The summed E-state index contributed by atoms with van der Waals surface area (Å²) < 4.78 is 33.2. The summed E-state index contributed by atoms with van der Waals surface area (Å²) in [6.07, 6.45) is 1.49. The topological polar surface area (TPSA) is 88.9 Å². The van der Waals surface area contributed by atoms with E-state index in [1.165, 1.54) is 11.1 Å². The number of benzene rings is 1.